The average molecular weight is 786 g/mol. The van der Waals surface area contributed by atoms with E-state index in [2.05, 4.69) is 26.1 Å². The van der Waals surface area contributed by atoms with Gasteiger partial charge in [0.25, 0.3) is 0 Å². The van der Waals surface area contributed by atoms with Crippen LogP contribution in [0.2, 0.25) is 0 Å². The molecule has 1 amide bonds. The van der Waals surface area contributed by atoms with Crippen molar-refractivity contribution < 1.29 is 44.9 Å². The largest absolute Gasteiger partial charge is 0.394 e. The lowest BCUT2D eigenvalue weighted by Gasteiger charge is -2.40. The number of carbonyl (C=O) groups excluding carboxylic acids is 1. The van der Waals surface area contributed by atoms with Crippen molar-refractivity contribution in [3.63, 3.8) is 0 Å². The molecule has 0 aromatic rings. The van der Waals surface area contributed by atoms with Crippen LogP contribution < -0.4 is 5.32 Å². The van der Waals surface area contributed by atoms with Gasteiger partial charge >= 0.3 is 0 Å². The molecule has 0 unspecified atom stereocenters. The second kappa shape index (κ2) is 34.9. The highest BCUT2D eigenvalue weighted by Crippen LogP contribution is 2.23. The highest BCUT2D eigenvalue weighted by molar-refractivity contribution is 5.80. The number of aliphatic hydroxyl groups is 6. The van der Waals surface area contributed by atoms with Gasteiger partial charge in [0.05, 0.1) is 25.4 Å². The Balaban J connectivity index is 2.39. The van der Waals surface area contributed by atoms with E-state index >= 15 is 0 Å². The first kappa shape index (κ1) is 51.9. The zero-order chi connectivity index (χ0) is 40.5. The fourth-order valence-electron chi connectivity index (χ4n) is 7.35. The Morgan fingerprint density at radius 1 is 0.655 bits per heavy atom. The molecule has 326 valence electrons. The van der Waals surface area contributed by atoms with Crippen LogP contribution in [-0.4, -0.2) is 98.7 Å². The average Bonchev–Trinajstić information content (AvgIpc) is 3.17. The molecule has 1 aliphatic rings. The van der Waals surface area contributed by atoms with Crippen molar-refractivity contribution >= 4 is 5.91 Å². The van der Waals surface area contributed by atoms with Gasteiger partial charge in [0.15, 0.2) is 6.29 Å². The standard InChI is InChI=1S/C45H87NO9/c1-4-5-6-7-8-9-10-11-12-13-14-15-16-17-20-24-27-30-33-39(49)44(53)46-37(35-54-45-43(52)42(51)41(50)40(34-47)55-45)38(48)32-29-26-23-21-18-19-22-25-28-31-36(2)3/h29,32,36-43,45,47-52H,4-28,30-31,33-35H2,1-3H3,(H,46,53)/b32-29+/t37-,38+,39+,40+,41+,42-,43+,45+/m0/s1. The minimum absolute atomic E-state index is 0.303. The predicted octanol–water partition coefficient (Wildman–Crippen LogP) is 8.16. The number of nitrogens with one attached hydrogen (secondary N) is 1. The van der Waals surface area contributed by atoms with Crippen molar-refractivity contribution in [2.45, 2.75) is 250 Å². The van der Waals surface area contributed by atoms with Gasteiger partial charge in [0.2, 0.25) is 5.91 Å². The summed E-state index contributed by atoms with van der Waals surface area (Å²) in [6.45, 7) is 5.90. The van der Waals surface area contributed by atoms with Gasteiger partial charge in [-0.25, -0.2) is 0 Å². The Morgan fingerprint density at radius 2 is 1.11 bits per heavy atom. The number of amides is 1. The summed E-state index contributed by atoms with van der Waals surface area (Å²) in [6, 6.07) is -0.975. The van der Waals surface area contributed by atoms with Gasteiger partial charge in [-0.15, -0.1) is 0 Å². The lowest BCUT2D eigenvalue weighted by molar-refractivity contribution is -0.302. The first-order chi connectivity index (χ1) is 26.6. The Kier molecular flexibility index (Phi) is 32.9. The maximum absolute atomic E-state index is 13.0. The molecule has 1 fully saturated rings. The topological polar surface area (TPSA) is 169 Å². The number of carbonyl (C=O) groups is 1. The second-order valence-electron chi connectivity index (χ2n) is 16.8. The molecule has 0 aromatic carbocycles. The van der Waals surface area contributed by atoms with Crippen LogP contribution in [0.1, 0.15) is 201 Å². The van der Waals surface area contributed by atoms with Gasteiger partial charge in [-0.05, 0) is 25.2 Å². The van der Waals surface area contributed by atoms with Crippen LogP contribution in [0.3, 0.4) is 0 Å². The normalized spacial score (nSPS) is 22.0. The summed E-state index contributed by atoms with van der Waals surface area (Å²) in [4.78, 5) is 13.0. The summed E-state index contributed by atoms with van der Waals surface area (Å²) in [5.41, 5.74) is 0. The first-order valence-electron chi connectivity index (χ1n) is 22.9. The van der Waals surface area contributed by atoms with Gasteiger partial charge in [-0.3, -0.25) is 4.79 Å². The summed E-state index contributed by atoms with van der Waals surface area (Å²) < 4.78 is 11.1. The van der Waals surface area contributed by atoms with Crippen molar-refractivity contribution in [1.29, 1.82) is 0 Å². The number of hydrogen-bond donors (Lipinski definition) is 7. The van der Waals surface area contributed by atoms with Crippen LogP contribution in [0, 0.1) is 5.92 Å². The van der Waals surface area contributed by atoms with E-state index in [0.29, 0.717) is 6.42 Å². The first-order valence-corrected chi connectivity index (χ1v) is 22.9. The third-order valence-corrected chi connectivity index (χ3v) is 11.1. The summed E-state index contributed by atoms with van der Waals surface area (Å²) in [5.74, 6) is 0.151. The van der Waals surface area contributed by atoms with Gasteiger partial charge in [-0.1, -0.05) is 193 Å². The van der Waals surface area contributed by atoms with Gasteiger partial charge in [0.1, 0.15) is 30.5 Å². The van der Waals surface area contributed by atoms with Gasteiger partial charge in [-0.2, -0.15) is 0 Å². The van der Waals surface area contributed by atoms with Crippen LogP contribution in [0.25, 0.3) is 0 Å². The minimum Gasteiger partial charge on any atom is -0.394 e. The SMILES string of the molecule is CCCCCCCCCCCCCCCCCCCC[C@@H](O)C(=O)N[C@@H](CO[C@@H]1O[C@H](CO)[C@@H](O)[C@H](O)[C@H]1O)[C@H](O)/C=C/CCCCCCCCCC(C)C. The number of allylic oxidation sites excluding steroid dienone is 1. The smallest absolute Gasteiger partial charge is 0.249 e. The Morgan fingerprint density at radius 3 is 1.58 bits per heavy atom. The van der Waals surface area contributed by atoms with E-state index in [1.165, 1.54) is 128 Å². The molecule has 1 saturated heterocycles. The zero-order valence-electron chi connectivity index (χ0n) is 35.5. The predicted molar refractivity (Wildman–Crippen MR) is 223 cm³/mol. The van der Waals surface area contributed by atoms with Crippen LogP contribution in [0.15, 0.2) is 12.2 Å². The third kappa shape index (κ3) is 26.5. The van der Waals surface area contributed by atoms with E-state index in [4.69, 9.17) is 9.47 Å². The molecule has 10 nitrogen and oxygen atoms in total. The summed E-state index contributed by atoms with van der Waals surface area (Å²) in [7, 11) is 0. The number of ether oxygens (including phenoxy) is 2. The van der Waals surface area contributed by atoms with E-state index < -0.39 is 61.5 Å². The quantitative estimate of drug-likeness (QED) is 0.0243. The minimum atomic E-state index is -1.61. The molecule has 1 heterocycles. The maximum Gasteiger partial charge on any atom is 0.249 e. The molecule has 8 atom stereocenters. The Labute approximate surface area is 336 Å². The van der Waals surface area contributed by atoms with Crippen molar-refractivity contribution in [2.75, 3.05) is 13.2 Å². The summed E-state index contributed by atoms with van der Waals surface area (Å²) in [5, 5.41) is 64.6. The molecule has 0 radical (unpaired) electrons. The van der Waals surface area contributed by atoms with E-state index in [9.17, 15) is 35.4 Å². The van der Waals surface area contributed by atoms with E-state index in [-0.39, 0.29) is 6.61 Å². The van der Waals surface area contributed by atoms with Crippen LogP contribution in [0.5, 0.6) is 0 Å². The van der Waals surface area contributed by atoms with Crippen molar-refractivity contribution in [3.05, 3.63) is 12.2 Å². The fraction of sp³-hybridized carbons (Fsp3) is 0.933. The van der Waals surface area contributed by atoms with Crippen molar-refractivity contribution in [3.8, 4) is 0 Å². The molecule has 10 heteroatoms. The molecule has 55 heavy (non-hydrogen) atoms. The molecule has 0 aromatic heterocycles. The number of rotatable bonds is 37. The van der Waals surface area contributed by atoms with Gasteiger partial charge in [0, 0.05) is 0 Å². The molecule has 0 aliphatic carbocycles. The summed E-state index contributed by atoms with van der Waals surface area (Å²) >= 11 is 0. The maximum atomic E-state index is 13.0. The van der Waals surface area contributed by atoms with E-state index in [0.717, 1.165) is 50.9 Å². The molecule has 0 saturated carbocycles. The Bertz CT molecular complexity index is 904. The van der Waals surface area contributed by atoms with E-state index in [1.54, 1.807) is 6.08 Å². The molecular weight excluding hydrogens is 698 g/mol. The van der Waals surface area contributed by atoms with Crippen LogP contribution in [-0.2, 0) is 14.3 Å². The zero-order valence-corrected chi connectivity index (χ0v) is 35.5. The Hall–Kier alpha value is -1.11. The van der Waals surface area contributed by atoms with Crippen LogP contribution >= 0.6 is 0 Å². The number of unbranched alkanes of at least 4 members (excludes halogenated alkanes) is 24. The summed E-state index contributed by atoms with van der Waals surface area (Å²) in [6.07, 6.45) is 27.4. The molecule has 1 rings (SSSR count). The monoisotopic (exact) mass is 786 g/mol. The molecule has 0 spiro atoms. The lowest BCUT2D eigenvalue weighted by Crippen LogP contribution is -2.60. The molecule has 1 aliphatic heterocycles. The fourth-order valence-corrected chi connectivity index (χ4v) is 7.35. The number of hydrogen-bond acceptors (Lipinski definition) is 9. The van der Waals surface area contributed by atoms with Crippen molar-refractivity contribution in [1.82, 2.24) is 5.32 Å². The molecular formula is C45H87NO9. The van der Waals surface area contributed by atoms with E-state index in [1.807, 2.05) is 6.08 Å². The van der Waals surface area contributed by atoms with Crippen molar-refractivity contribution in [2.24, 2.45) is 5.92 Å². The number of aliphatic hydroxyl groups excluding tert-OH is 6. The third-order valence-electron chi connectivity index (χ3n) is 11.1. The highest BCUT2D eigenvalue weighted by atomic mass is 16.7. The molecule has 7 N–H and O–H groups in total. The van der Waals surface area contributed by atoms with Crippen LogP contribution in [0.4, 0.5) is 0 Å². The highest BCUT2D eigenvalue weighted by Gasteiger charge is 2.44. The second-order valence-corrected chi connectivity index (χ2v) is 16.8. The van der Waals surface area contributed by atoms with Gasteiger partial charge < -0.3 is 45.4 Å². The lowest BCUT2D eigenvalue weighted by atomic mass is 9.99. The molecule has 0 bridgehead atoms.